The molecular formula is C20H22N4O3S. The number of carbonyl (C=O) groups is 1. The Morgan fingerprint density at radius 1 is 1.14 bits per heavy atom. The van der Waals surface area contributed by atoms with Gasteiger partial charge in [-0.3, -0.25) is 4.57 Å². The molecule has 0 radical (unpaired) electrons. The Morgan fingerprint density at radius 3 is 2.68 bits per heavy atom. The molecule has 8 heteroatoms. The van der Waals surface area contributed by atoms with E-state index in [0.29, 0.717) is 17.1 Å². The van der Waals surface area contributed by atoms with Gasteiger partial charge in [-0.25, -0.2) is 4.79 Å². The van der Waals surface area contributed by atoms with Crippen molar-refractivity contribution < 1.29 is 13.9 Å². The van der Waals surface area contributed by atoms with E-state index in [4.69, 9.17) is 9.15 Å². The van der Waals surface area contributed by atoms with Crippen molar-refractivity contribution in [1.82, 2.24) is 14.8 Å². The number of furan rings is 1. The molecule has 0 unspecified atom stereocenters. The molecule has 0 atom stereocenters. The van der Waals surface area contributed by atoms with Crippen LogP contribution in [0.5, 0.6) is 0 Å². The van der Waals surface area contributed by atoms with E-state index in [9.17, 15) is 4.79 Å². The van der Waals surface area contributed by atoms with Gasteiger partial charge in [0.2, 0.25) is 5.95 Å². The number of rotatable bonds is 6. The van der Waals surface area contributed by atoms with Crippen LogP contribution >= 0.6 is 11.8 Å². The van der Waals surface area contributed by atoms with Crippen LogP contribution in [0.3, 0.4) is 0 Å². The summed E-state index contributed by atoms with van der Waals surface area (Å²) in [6.07, 6.45) is 5.09. The second-order valence-corrected chi connectivity index (χ2v) is 7.48. The first kappa shape index (κ1) is 18.6. The lowest BCUT2D eigenvalue weighted by molar-refractivity contribution is 0.0598. The number of piperidine rings is 1. The number of para-hydroxylation sites is 1. The number of hydrogen-bond donors (Lipinski definition) is 0. The number of esters is 1. The van der Waals surface area contributed by atoms with Crippen LogP contribution in [0, 0.1) is 0 Å². The van der Waals surface area contributed by atoms with Gasteiger partial charge >= 0.3 is 5.97 Å². The smallest absolute Gasteiger partial charge is 0.341 e. The summed E-state index contributed by atoms with van der Waals surface area (Å²) in [5.74, 6) is 1.49. The highest BCUT2D eigenvalue weighted by Gasteiger charge is 2.22. The van der Waals surface area contributed by atoms with Gasteiger partial charge in [-0.05, 0) is 37.5 Å². The van der Waals surface area contributed by atoms with Crippen molar-refractivity contribution in [2.24, 2.45) is 0 Å². The van der Waals surface area contributed by atoms with E-state index in [1.54, 1.807) is 6.07 Å². The molecule has 0 N–H and O–H groups in total. The second kappa shape index (κ2) is 8.52. The van der Waals surface area contributed by atoms with Crippen LogP contribution in [0.2, 0.25) is 0 Å². The summed E-state index contributed by atoms with van der Waals surface area (Å²) >= 11 is 1.49. The third kappa shape index (κ3) is 3.77. The molecule has 28 heavy (non-hydrogen) atoms. The van der Waals surface area contributed by atoms with E-state index < -0.39 is 5.97 Å². The highest BCUT2D eigenvalue weighted by Crippen LogP contribution is 2.31. The maximum Gasteiger partial charge on any atom is 0.341 e. The lowest BCUT2D eigenvalue weighted by atomic mass is 10.1. The number of ether oxygens (including phenoxy) is 1. The number of anilines is 1. The Labute approximate surface area is 167 Å². The number of methoxy groups -OCH3 is 1. The molecular weight excluding hydrogens is 376 g/mol. The average Bonchev–Trinajstić information content (AvgIpc) is 3.40. The van der Waals surface area contributed by atoms with Crippen LogP contribution < -0.4 is 4.90 Å². The first-order valence-corrected chi connectivity index (χ1v) is 10.3. The minimum atomic E-state index is -0.400. The van der Waals surface area contributed by atoms with Crippen LogP contribution in [-0.4, -0.2) is 40.9 Å². The number of carbonyl (C=O) groups excluding carboxylic acids is 1. The summed E-state index contributed by atoms with van der Waals surface area (Å²) in [5, 5.41) is 9.69. The van der Waals surface area contributed by atoms with E-state index in [1.807, 2.05) is 30.3 Å². The number of hydrogen-bond acceptors (Lipinski definition) is 7. The molecule has 3 heterocycles. The van der Waals surface area contributed by atoms with Gasteiger partial charge in [-0.1, -0.05) is 30.0 Å². The lowest BCUT2D eigenvalue weighted by Crippen LogP contribution is -2.31. The molecule has 1 aliphatic rings. The molecule has 3 aromatic rings. The topological polar surface area (TPSA) is 73.4 Å². The standard InChI is InChI=1S/C20H22N4O3S/c1-26-18(25)16-10-13-27-17(16)14-28-20-22-21-19(23-11-6-3-7-12-23)24(20)15-8-4-2-5-9-15/h2,4-5,8-10,13H,3,6-7,11-12,14H2,1H3. The number of benzene rings is 1. The van der Waals surface area contributed by atoms with Gasteiger partial charge in [0.1, 0.15) is 11.3 Å². The molecule has 1 saturated heterocycles. The quantitative estimate of drug-likeness (QED) is 0.460. The fourth-order valence-corrected chi connectivity index (χ4v) is 4.23. The zero-order valence-electron chi connectivity index (χ0n) is 15.7. The number of nitrogens with zero attached hydrogens (tertiary/aromatic N) is 4. The summed E-state index contributed by atoms with van der Waals surface area (Å²) in [6, 6.07) is 11.7. The Balaban J connectivity index is 1.63. The maximum absolute atomic E-state index is 11.9. The van der Waals surface area contributed by atoms with E-state index in [0.717, 1.165) is 29.9 Å². The van der Waals surface area contributed by atoms with Crippen LogP contribution in [0.4, 0.5) is 5.95 Å². The van der Waals surface area contributed by atoms with Crippen LogP contribution in [0.25, 0.3) is 5.69 Å². The van der Waals surface area contributed by atoms with Crippen molar-refractivity contribution in [1.29, 1.82) is 0 Å². The molecule has 0 aliphatic carbocycles. The van der Waals surface area contributed by atoms with Gasteiger partial charge in [0.25, 0.3) is 0 Å². The Bertz CT molecular complexity index is 932. The normalized spacial score (nSPS) is 14.2. The molecule has 2 aromatic heterocycles. The predicted molar refractivity (Wildman–Crippen MR) is 107 cm³/mol. The van der Waals surface area contributed by atoms with Crippen molar-refractivity contribution in [3.05, 3.63) is 54.0 Å². The second-order valence-electron chi connectivity index (χ2n) is 6.54. The molecule has 0 bridgehead atoms. The van der Waals surface area contributed by atoms with Crippen molar-refractivity contribution in [3.63, 3.8) is 0 Å². The highest BCUT2D eigenvalue weighted by molar-refractivity contribution is 7.98. The van der Waals surface area contributed by atoms with Crippen LogP contribution in [0.15, 0.2) is 52.2 Å². The van der Waals surface area contributed by atoms with E-state index in [-0.39, 0.29) is 0 Å². The minimum absolute atomic E-state index is 0.400. The summed E-state index contributed by atoms with van der Waals surface area (Å²) in [6.45, 7) is 1.97. The fourth-order valence-electron chi connectivity index (χ4n) is 3.33. The average molecular weight is 398 g/mol. The molecule has 1 aliphatic heterocycles. The Hall–Kier alpha value is -2.74. The third-order valence-corrected chi connectivity index (χ3v) is 5.68. The first-order chi connectivity index (χ1) is 13.8. The van der Waals surface area contributed by atoms with E-state index in [1.165, 1.54) is 44.4 Å². The molecule has 7 nitrogen and oxygen atoms in total. The van der Waals surface area contributed by atoms with Crippen LogP contribution in [0.1, 0.15) is 35.4 Å². The maximum atomic E-state index is 11.9. The summed E-state index contributed by atoms with van der Waals surface area (Å²) in [7, 11) is 1.36. The molecule has 0 spiro atoms. The Kier molecular flexibility index (Phi) is 5.66. The largest absolute Gasteiger partial charge is 0.468 e. The van der Waals surface area contributed by atoms with Gasteiger partial charge in [0.15, 0.2) is 5.16 Å². The summed E-state index contributed by atoms with van der Waals surface area (Å²) < 4.78 is 12.4. The number of aromatic nitrogens is 3. The molecule has 1 fully saturated rings. The molecule has 4 rings (SSSR count). The van der Waals surface area contributed by atoms with Crippen LogP contribution in [-0.2, 0) is 10.5 Å². The van der Waals surface area contributed by atoms with Gasteiger partial charge in [0.05, 0.1) is 24.8 Å². The van der Waals surface area contributed by atoms with Crippen molar-refractivity contribution in [2.75, 3.05) is 25.1 Å². The lowest BCUT2D eigenvalue weighted by Gasteiger charge is -2.27. The Morgan fingerprint density at radius 2 is 1.93 bits per heavy atom. The third-order valence-electron chi connectivity index (χ3n) is 4.75. The van der Waals surface area contributed by atoms with E-state index in [2.05, 4.69) is 19.7 Å². The molecule has 1 aromatic carbocycles. The number of thioether (sulfide) groups is 1. The van der Waals surface area contributed by atoms with Gasteiger partial charge in [-0.2, -0.15) is 0 Å². The predicted octanol–water partition coefficient (Wildman–Crippen LogP) is 3.93. The minimum Gasteiger partial charge on any atom is -0.468 e. The first-order valence-electron chi connectivity index (χ1n) is 9.31. The van der Waals surface area contributed by atoms with Crippen molar-refractivity contribution in [2.45, 2.75) is 30.2 Å². The summed E-state index contributed by atoms with van der Waals surface area (Å²) in [4.78, 5) is 14.2. The zero-order chi connectivity index (χ0) is 19.3. The highest BCUT2D eigenvalue weighted by atomic mass is 32.2. The fraction of sp³-hybridized carbons (Fsp3) is 0.350. The summed E-state index contributed by atoms with van der Waals surface area (Å²) in [5.41, 5.74) is 1.46. The van der Waals surface area contributed by atoms with Gasteiger partial charge < -0.3 is 14.1 Å². The molecule has 0 saturated carbocycles. The zero-order valence-corrected chi connectivity index (χ0v) is 16.5. The monoisotopic (exact) mass is 398 g/mol. The van der Waals surface area contributed by atoms with Crippen molar-refractivity contribution in [3.8, 4) is 5.69 Å². The SMILES string of the molecule is COC(=O)c1ccoc1CSc1nnc(N2CCCCC2)n1-c1ccccc1. The van der Waals surface area contributed by atoms with E-state index >= 15 is 0 Å². The van der Waals surface area contributed by atoms with Gasteiger partial charge in [0, 0.05) is 13.1 Å². The molecule has 0 amide bonds. The molecule has 146 valence electrons. The van der Waals surface area contributed by atoms with Gasteiger partial charge in [-0.15, -0.1) is 10.2 Å². The van der Waals surface area contributed by atoms with Crippen molar-refractivity contribution >= 4 is 23.7 Å².